The number of nitrogens with zero attached hydrogens (tertiary/aromatic N) is 1. The lowest BCUT2D eigenvalue weighted by Crippen LogP contribution is -2.33. The van der Waals surface area contributed by atoms with Crippen LogP contribution in [0, 0.1) is 34.6 Å². The standard InChI is InChI=1S/C26H28N2O4S/c1-16-11-19(4)25(20(5)12-16)33(30,31)28(15-22-7-6-10-32-22)14-21-13-23-17(2)8-9-18(3)24(23)27-26(21)29/h6-13H,14-15H2,1-5H3,(H,27,29). The van der Waals surface area contributed by atoms with Crippen molar-refractivity contribution in [3.63, 3.8) is 0 Å². The van der Waals surface area contributed by atoms with Gasteiger partial charge in [-0.05, 0) is 75.1 Å². The molecule has 0 atom stereocenters. The number of hydrogen-bond acceptors (Lipinski definition) is 4. The largest absolute Gasteiger partial charge is 0.468 e. The molecule has 0 aliphatic heterocycles. The first-order chi connectivity index (χ1) is 15.6. The van der Waals surface area contributed by atoms with Crippen LogP contribution in [0.5, 0.6) is 0 Å². The third kappa shape index (κ3) is 4.38. The fourth-order valence-corrected chi connectivity index (χ4v) is 6.23. The van der Waals surface area contributed by atoms with Crippen molar-refractivity contribution in [1.29, 1.82) is 0 Å². The highest BCUT2D eigenvalue weighted by atomic mass is 32.2. The van der Waals surface area contributed by atoms with Crippen molar-refractivity contribution in [3.05, 3.63) is 98.2 Å². The molecule has 2 heterocycles. The maximum absolute atomic E-state index is 13.9. The van der Waals surface area contributed by atoms with Gasteiger partial charge in [-0.3, -0.25) is 4.79 Å². The fourth-order valence-electron chi connectivity index (χ4n) is 4.43. The van der Waals surface area contributed by atoms with Crippen LogP contribution in [0.2, 0.25) is 0 Å². The summed E-state index contributed by atoms with van der Waals surface area (Å²) in [6.45, 7) is 9.39. The van der Waals surface area contributed by atoms with Crippen LogP contribution >= 0.6 is 0 Å². The quantitative estimate of drug-likeness (QED) is 0.433. The van der Waals surface area contributed by atoms with Gasteiger partial charge < -0.3 is 9.40 Å². The number of aryl methyl sites for hydroxylation is 5. The highest BCUT2D eigenvalue weighted by molar-refractivity contribution is 7.89. The van der Waals surface area contributed by atoms with Gasteiger partial charge in [0.15, 0.2) is 0 Å². The van der Waals surface area contributed by atoms with Crippen LogP contribution in [0.15, 0.2) is 62.8 Å². The second-order valence-electron chi connectivity index (χ2n) is 8.69. The lowest BCUT2D eigenvalue weighted by molar-refractivity contribution is 0.357. The zero-order valence-corrected chi connectivity index (χ0v) is 20.3. The van der Waals surface area contributed by atoms with Crippen LogP contribution in [0.3, 0.4) is 0 Å². The van der Waals surface area contributed by atoms with Crippen molar-refractivity contribution in [1.82, 2.24) is 9.29 Å². The number of benzene rings is 2. The molecule has 4 rings (SSSR count). The lowest BCUT2D eigenvalue weighted by atomic mass is 10.0. The predicted octanol–water partition coefficient (Wildman–Crippen LogP) is 5.05. The zero-order chi connectivity index (χ0) is 23.9. The molecule has 33 heavy (non-hydrogen) atoms. The minimum absolute atomic E-state index is 0.0202. The first kappa shape index (κ1) is 23.0. The smallest absolute Gasteiger partial charge is 0.252 e. The number of sulfonamides is 1. The van der Waals surface area contributed by atoms with E-state index >= 15 is 0 Å². The van der Waals surface area contributed by atoms with E-state index in [-0.39, 0.29) is 23.5 Å². The average Bonchev–Trinajstić information content (AvgIpc) is 3.23. The zero-order valence-electron chi connectivity index (χ0n) is 19.5. The first-order valence-electron chi connectivity index (χ1n) is 10.8. The summed E-state index contributed by atoms with van der Waals surface area (Å²) in [5, 5.41) is 0.905. The van der Waals surface area contributed by atoms with Gasteiger partial charge in [0.1, 0.15) is 5.76 Å². The number of fused-ring (bicyclic) bond motifs is 1. The van der Waals surface area contributed by atoms with Crippen LogP contribution in [-0.2, 0) is 23.1 Å². The molecule has 6 nitrogen and oxygen atoms in total. The third-order valence-corrected chi connectivity index (χ3v) is 8.08. The SMILES string of the molecule is Cc1cc(C)c(S(=O)(=O)N(Cc2ccco2)Cc2cc3c(C)ccc(C)c3[nH]c2=O)c(C)c1. The number of H-pyrrole nitrogens is 1. The van der Waals surface area contributed by atoms with Gasteiger partial charge in [0.25, 0.3) is 5.56 Å². The van der Waals surface area contributed by atoms with Crippen molar-refractivity contribution in [3.8, 4) is 0 Å². The van der Waals surface area contributed by atoms with E-state index in [0.29, 0.717) is 22.5 Å². The Balaban J connectivity index is 1.85. The molecule has 1 N–H and O–H groups in total. The maximum atomic E-state index is 13.9. The summed E-state index contributed by atoms with van der Waals surface area (Å²) in [5.41, 5.74) is 5.19. The Hall–Kier alpha value is -3.16. The molecule has 2 aromatic carbocycles. The Bertz CT molecular complexity index is 1480. The van der Waals surface area contributed by atoms with E-state index in [4.69, 9.17) is 4.42 Å². The van der Waals surface area contributed by atoms with E-state index in [1.807, 2.05) is 45.0 Å². The number of aromatic nitrogens is 1. The van der Waals surface area contributed by atoms with Gasteiger partial charge >= 0.3 is 0 Å². The topological polar surface area (TPSA) is 83.4 Å². The first-order valence-corrected chi connectivity index (χ1v) is 12.2. The van der Waals surface area contributed by atoms with Gasteiger partial charge in [-0.2, -0.15) is 4.31 Å². The summed E-state index contributed by atoms with van der Waals surface area (Å²) >= 11 is 0. The van der Waals surface area contributed by atoms with Crippen molar-refractivity contribution < 1.29 is 12.8 Å². The number of rotatable bonds is 6. The Morgan fingerprint density at radius 3 is 2.18 bits per heavy atom. The number of aromatic amines is 1. The van der Waals surface area contributed by atoms with Crippen molar-refractivity contribution >= 4 is 20.9 Å². The van der Waals surface area contributed by atoms with Gasteiger partial charge in [0.2, 0.25) is 10.0 Å². The molecule has 0 unspecified atom stereocenters. The molecule has 0 aliphatic carbocycles. The van der Waals surface area contributed by atoms with E-state index in [1.54, 1.807) is 32.0 Å². The summed E-state index contributed by atoms with van der Waals surface area (Å²) in [6, 6.07) is 12.9. The van der Waals surface area contributed by atoms with Gasteiger partial charge in [0.05, 0.1) is 23.2 Å². The van der Waals surface area contributed by atoms with E-state index in [1.165, 1.54) is 10.6 Å². The molecule has 0 bridgehead atoms. The van der Waals surface area contributed by atoms with Crippen LogP contribution in [0.1, 0.15) is 39.1 Å². The molecule has 0 saturated carbocycles. The molecule has 0 spiro atoms. The number of nitrogens with one attached hydrogen (secondary N) is 1. The van der Waals surface area contributed by atoms with Gasteiger partial charge in [-0.1, -0.05) is 29.8 Å². The van der Waals surface area contributed by atoms with E-state index < -0.39 is 10.0 Å². The second kappa shape index (κ2) is 8.65. The Morgan fingerprint density at radius 1 is 0.879 bits per heavy atom. The molecular weight excluding hydrogens is 436 g/mol. The molecule has 0 amide bonds. The third-order valence-electron chi connectivity index (χ3n) is 5.98. The predicted molar refractivity (Wildman–Crippen MR) is 130 cm³/mol. The van der Waals surface area contributed by atoms with Crippen LogP contribution in [0.4, 0.5) is 0 Å². The fraction of sp³-hybridized carbons (Fsp3) is 0.269. The van der Waals surface area contributed by atoms with Crippen LogP contribution in [-0.4, -0.2) is 17.7 Å². The molecule has 2 aromatic heterocycles. The minimum atomic E-state index is -3.92. The molecule has 0 fully saturated rings. The monoisotopic (exact) mass is 464 g/mol. The molecule has 172 valence electrons. The van der Waals surface area contributed by atoms with Crippen LogP contribution in [0.25, 0.3) is 10.9 Å². The Kier molecular flexibility index (Phi) is 6.03. The van der Waals surface area contributed by atoms with E-state index in [0.717, 1.165) is 27.6 Å². The van der Waals surface area contributed by atoms with Crippen LogP contribution < -0.4 is 5.56 Å². The van der Waals surface area contributed by atoms with E-state index in [2.05, 4.69) is 4.98 Å². The maximum Gasteiger partial charge on any atom is 0.252 e. The number of hydrogen-bond donors (Lipinski definition) is 1. The second-order valence-corrected chi connectivity index (χ2v) is 10.6. The molecular formula is C26H28N2O4S. The summed E-state index contributed by atoms with van der Waals surface area (Å²) in [5.74, 6) is 0.505. The van der Waals surface area contributed by atoms with E-state index in [9.17, 15) is 13.2 Å². The highest BCUT2D eigenvalue weighted by Gasteiger charge is 2.30. The lowest BCUT2D eigenvalue weighted by Gasteiger charge is -2.24. The summed E-state index contributed by atoms with van der Waals surface area (Å²) in [7, 11) is -3.92. The van der Waals surface area contributed by atoms with Crippen molar-refractivity contribution in [2.75, 3.05) is 0 Å². The molecule has 0 aliphatic rings. The summed E-state index contributed by atoms with van der Waals surface area (Å²) < 4.78 is 34.5. The summed E-state index contributed by atoms with van der Waals surface area (Å²) in [4.78, 5) is 16.2. The van der Waals surface area contributed by atoms with Crippen molar-refractivity contribution in [2.45, 2.75) is 52.6 Å². The molecule has 0 radical (unpaired) electrons. The number of pyridine rings is 1. The van der Waals surface area contributed by atoms with Gasteiger partial charge in [-0.25, -0.2) is 8.42 Å². The van der Waals surface area contributed by atoms with Gasteiger partial charge in [0, 0.05) is 17.5 Å². The highest BCUT2D eigenvalue weighted by Crippen LogP contribution is 2.28. The Morgan fingerprint density at radius 2 is 1.55 bits per heavy atom. The van der Waals surface area contributed by atoms with Crippen molar-refractivity contribution in [2.24, 2.45) is 0 Å². The molecule has 0 saturated heterocycles. The average molecular weight is 465 g/mol. The normalized spacial score (nSPS) is 12.1. The number of furan rings is 1. The van der Waals surface area contributed by atoms with Gasteiger partial charge in [-0.15, -0.1) is 0 Å². The Labute approximate surface area is 193 Å². The molecule has 7 heteroatoms. The summed E-state index contributed by atoms with van der Waals surface area (Å²) in [6.07, 6.45) is 1.51. The molecule has 4 aromatic rings. The minimum Gasteiger partial charge on any atom is -0.468 e.